The van der Waals surface area contributed by atoms with Crippen molar-refractivity contribution in [3.63, 3.8) is 0 Å². The number of hydrazine groups is 1. The molecule has 0 saturated heterocycles. The van der Waals surface area contributed by atoms with Crippen LogP contribution in [0.25, 0.3) is 11.1 Å². The number of unbranched alkanes of at least 4 members (excludes halogenated alkanes) is 2. The zero-order valence-electron chi connectivity index (χ0n) is 25.3. The number of nitrogens with one attached hydrogen (secondary N) is 4. The number of hydrogen-bond donors (Lipinski definition) is 4. The van der Waals surface area contributed by atoms with Gasteiger partial charge in [-0.25, -0.2) is 9.59 Å². The van der Waals surface area contributed by atoms with E-state index in [2.05, 4.69) is 33.6 Å². The molecule has 0 fully saturated rings. The number of fused-ring (bicyclic) bond motifs is 3. The Kier molecular flexibility index (Phi) is 11.8. The van der Waals surface area contributed by atoms with E-state index in [9.17, 15) is 19.2 Å². The summed E-state index contributed by atoms with van der Waals surface area (Å²) in [6, 6.07) is 15.3. The SMILES string of the molecule is CC(C)C[C@H](NC(=O)OCC1c2ccccc2-c2ccccc21)C(=O)NNC(=O)CCCCCNC(=O)OC(C)(C)C. The summed E-state index contributed by atoms with van der Waals surface area (Å²) in [4.78, 5) is 49.5. The van der Waals surface area contributed by atoms with Crippen LogP contribution in [-0.4, -0.2) is 48.8 Å². The molecule has 1 aliphatic rings. The van der Waals surface area contributed by atoms with Gasteiger partial charge in [-0.05, 0) is 68.2 Å². The van der Waals surface area contributed by atoms with Crippen molar-refractivity contribution in [3.05, 3.63) is 59.7 Å². The highest BCUT2D eigenvalue weighted by Gasteiger charge is 2.30. The lowest BCUT2D eigenvalue weighted by molar-refractivity contribution is -0.130. The molecule has 42 heavy (non-hydrogen) atoms. The topological polar surface area (TPSA) is 135 Å². The van der Waals surface area contributed by atoms with Crippen LogP contribution in [0.5, 0.6) is 0 Å². The van der Waals surface area contributed by atoms with Crippen LogP contribution in [0.1, 0.15) is 83.8 Å². The van der Waals surface area contributed by atoms with Gasteiger partial charge in [-0.3, -0.25) is 20.4 Å². The molecule has 0 aromatic heterocycles. The van der Waals surface area contributed by atoms with Gasteiger partial charge in [0.25, 0.3) is 5.91 Å². The monoisotopic (exact) mass is 580 g/mol. The summed E-state index contributed by atoms with van der Waals surface area (Å²) in [6.07, 6.45) is 1.42. The van der Waals surface area contributed by atoms with Gasteiger partial charge < -0.3 is 20.1 Å². The standard InChI is InChI=1S/C32H44N4O6/c1-21(2)19-27(29(38)36-35-28(37)17-7-6-12-18-33-30(39)42-32(3,4)5)34-31(40)41-20-26-24-15-10-8-13-22(24)23-14-9-11-16-25(23)26/h8-11,13-16,21,26-27H,6-7,12,17-20H2,1-5H3,(H,33,39)(H,34,40)(H,35,37)(H,36,38)/t27-/m0/s1. The summed E-state index contributed by atoms with van der Waals surface area (Å²) < 4.78 is 10.8. The molecule has 1 atom stereocenters. The second-order valence-electron chi connectivity index (χ2n) is 11.9. The molecule has 0 radical (unpaired) electrons. The molecule has 2 aromatic carbocycles. The molecule has 4 N–H and O–H groups in total. The van der Waals surface area contributed by atoms with Gasteiger partial charge in [0.15, 0.2) is 0 Å². The van der Waals surface area contributed by atoms with Crippen LogP contribution in [0.4, 0.5) is 9.59 Å². The summed E-state index contributed by atoms with van der Waals surface area (Å²) in [6.45, 7) is 9.86. The Hall–Kier alpha value is -4.08. The van der Waals surface area contributed by atoms with Gasteiger partial charge in [-0.1, -0.05) is 68.8 Å². The molecule has 2 aromatic rings. The summed E-state index contributed by atoms with van der Waals surface area (Å²) in [5.41, 5.74) is 8.76. The molecular weight excluding hydrogens is 536 g/mol. The highest BCUT2D eigenvalue weighted by Crippen LogP contribution is 2.44. The first-order valence-electron chi connectivity index (χ1n) is 14.6. The molecule has 4 amide bonds. The second kappa shape index (κ2) is 15.2. The maximum absolute atomic E-state index is 12.8. The molecular formula is C32H44N4O6. The second-order valence-corrected chi connectivity index (χ2v) is 11.9. The highest BCUT2D eigenvalue weighted by molar-refractivity contribution is 5.88. The molecule has 0 spiro atoms. The van der Waals surface area contributed by atoms with Crippen LogP contribution < -0.4 is 21.5 Å². The minimum absolute atomic E-state index is 0.0899. The first kappa shape index (κ1) is 32.4. The Morgan fingerprint density at radius 2 is 1.45 bits per heavy atom. The van der Waals surface area contributed by atoms with Crippen LogP contribution in [-0.2, 0) is 19.1 Å². The molecule has 0 bridgehead atoms. The third-order valence-corrected chi connectivity index (χ3v) is 6.73. The molecule has 10 heteroatoms. The van der Waals surface area contributed by atoms with E-state index >= 15 is 0 Å². The van der Waals surface area contributed by atoms with Gasteiger partial charge in [0.1, 0.15) is 18.2 Å². The highest BCUT2D eigenvalue weighted by atomic mass is 16.6. The zero-order chi connectivity index (χ0) is 30.7. The Morgan fingerprint density at radius 1 is 0.833 bits per heavy atom. The lowest BCUT2D eigenvalue weighted by Gasteiger charge is -2.21. The number of hydrogen-bond acceptors (Lipinski definition) is 6. The minimum atomic E-state index is -0.875. The van der Waals surface area contributed by atoms with E-state index in [0.717, 1.165) is 28.7 Å². The smallest absolute Gasteiger partial charge is 0.407 e. The molecule has 10 nitrogen and oxygen atoms in total. The summed E-state index contributed by atoms with van der Waals surface area (Å²) in [5.74, 6) is -0.840. The Bertz CT molecular complexity index is 1190. The number of rotatable bonds is 12. The normalized spacial score (nSPS) is 13.0. The number of alkyl carbamates (subject to hydrolysis) is 2. The number of carbonyl (C=O) groups is 4. The molecule has 0 saturated carbocycles. The number of benzene rings is 2. The number of carbonyl (C=O) groups excluding carboxylic acids is 4. The van der Waals surface area contributed by atoms with E-state index in [1.54, 1.807) is 20.8 Å². The molecule has 0 aliphatic heterocycles. The summed E-state index contributed by atoms with van der Waals surface area (Å²) in [5, 5.41) is 5.35. The van der Waals surface area contributed by atoms with E-state index in [4.69, 9.17) is 9.47 Å². The van der Waals surface area contributed by atoms with Crippen LogP contribution in [0.15, 0.2) is 48.5 Å². The Morgan fingerprint density at radius 3 is 2.05 bits per heavy atom. The van der Waals surface area contributed by atoms with Crippen LogP contribution in [0, 0.1) is 5.92 Å². The van der Waals surface area contributed by atoms with E-state index < -0.39 is 29.7 Å². The van der Waals surface area contributed by atoms with Crippen LogP contribution in [0.2, 0.25) is 0 Å². The van der Waals surface area contributed by atoms with Crippen molar-refractivity contribution in [2.24, 2.45) is 5.92 Å². The fourth-order valence-corrected chi connectivity index (χ4v) is 4.86. The quantitative estimate of drug-likeness (QED) is 0.202. The van der Waals surface area contributed by atoms with Crippen molar-refractivity contribution in [3.8, 4) is 11.1 Å². The predicted octanol–water partition coefficient (Wildman–Crippen LogP) is 5.17. The summed E-state index contributed by atoms with van der Waals surface area (Å²) in [7, 11) is 0. The molecule has 1 aliphatic carbocycles. The number of amides is 4. The van der Waals surface area contributed by atoms with Crippen molar-refractivity contribution in [1.82, 2.24) is 21.5 Å². The van der Waals surface area contributed by atoms with Crippen molar-refractivity contribution in [2.45, 2.75) is 84.3 Å². The fraction of sp³-hybridized carbons (Fsp3) is 0.500. The van der Waals surface area contributed by atoms with Gasteiger partial charge in [0.05, 0.1) is 0 Å². The lowest BCUT2D eigenvalue weighted by atomic mass is 9.98. The van der Waals surface area contributed by atoms with Crippen molar-refractivity contribution >= 4 is 24.0 Å². The van der Waals surface area contributed by atoms with Crippen molar-refractivity contribution in [1.29, 1.82) is 0 Å². The molecule has 0 heterocycles. The average Bonchev–Trinajstić information content (AvgIpc) is 3.24. The Labute approximate surface area is 248 Å². The maximum Gasteiger partial charge on any atom is 0.407 e. The fourth-order valence-electron chi connectivity index (χ4n) is 4.86. The number of ether oxygens (including phenoxy) is 2. The van der Waals surface area contributed by atoms with Gasteiger partial charge in [-0.2, -0.15) is 0 Å². The molecule has 3 rings (SSSR count). The van der Waals surface area contributed by atoms with Gasteiger partial charge in [-0.15, -0.1) is 0 Å². The third kappa shape index (κ3) is 10.1. The van der Waals surface area contributed by atoms with Gasteiger partial charge in [0.2, 0.25) is 5.91 Å². The van der Waals surface area contributed by atoms with Crippen LogP contribution >= 0.6 is 0 Å². The lowest BCUT2D eigenvalue weighted by Crippen LogP contribution is -2.52. The van der Waals surface area contributed by atoms with Crippen molar-refractivity contribution in [2.75, 3.05) is 13.2 Å². The van der Waals surface area contributed by atoms with Crippen LogP contribution in [0.3, 0.4) is 0 Å². The third-order valence-electron chi connectivity index (χ3n) is 6.73. The van der Waals surface area contributed by atoms with E-state index in [1.165, 1.54) is 0 Å². The first-order chi connectivity index (χ1) is 19.9. The van der Waals surface area contributed by atoms with E-state index in [-0.39, 0.29) is 30.8 Å². The molecule has 0 unspecified atom stereocenters. The van der Waals surface area contributed by atoms with Gasteiger partial charge >= 0.3 is 12.2 Å². The molecule has 228 valence electrons. The average molecular weight is 581 g/mol. The van der Waals surface area contributed by atoms with Gasteiger partial charge in [0, 0.05) is 18.9 Å². The minimum Gasteiger partial charge on any atom is -0.449 e. The largest absolute Gasteiger partial charge is 0.449 e. The van der Waals surface area contributed by atoms with E-state index in [1.807, 2.05) is 50.2 Å². The Balaban J connectivity index is 1.40. The maximum atomic E-state index is 12.8. The predicted molar refractivity (Wildman–Crippen MR) is 160 cm³/mol. The van der Waals surface area contributed by atoms with Crippen molar-refractivity contribution < 1.29 is 28.7 Å². The summed E-state index contributed by atoms with van der Waals surface area (Å²) >= 11 is 0. The zero-order valence-corrected chi connectivity index (χ0v) is 25.3. The van der Waals surface area contributed by atoms with E-state index in [0.29, 0.717) is 25.8 Å². The first-order valence-corrected chi connectivity index (χ1v) is 14.6.